The van der Waals surface area contributed by atoms with Gasteiger partial charge >= 0.3 is 0 Å². The number of rotatable bonds is 7. The van der Waals surface area contributed by atoms with Gasteiger partial charge in [0.15, 0.2) is 5.84 Å². The molecule has 1 aliphatic carbocycles. The molecular weight excluding hydrogens is 462 g/mol. The smallest absolute Gasteiger partial charge is 0.260 e. The molecule has 2 heterocycles. The Bertz CT molecular complexity index is 1510. The van der Waals surface area contributed by atoms with Crippen molar-refractivity contribution >= 4 is 23.5 Å². The first-order valence-electron chi connectivity index (χ1n) is 12.1. The van der Waals surface area contributed by atoms with Crippen LogP contribution in [0.3, 0.4) is 0 Å². The normalized spacial score (nSPS) is 16.8. The van der Waals surface area contributed by atoms with Crippen molar-refractivity contribution in [3.63, 3.8) is 0 Å². The summed E-state index contributed by atoms with van der Waals surface area (Å²) >= 11 is 0. The van der Waals surface area contributed by atoms with Crippen LogP contribution in [0.25, 0.3) is 23.0 Å². The topological polar surface area (TPSA) is 92.6 Å². The van der Waals surface area contributed by atoms with E-state index in [2.05, 4.69) is 29.9 Å². The molecule has 0 N–H and O–H groups in total. The highest BCUT2D eigenvalue weighted by atomic mass is 16.5. The Morgan fingerprint density at radius 2 is 1.89 bits per heavy atom. The van der Waals surface area contributed by atoms with E-state index < -0.39 is 5.92 Å². The molecule has 5 rings (SSSR count). The van der Waals surface area contributed by atoms with Gasteiger partial charge in [0.05, 0.1) is 29.3 Å². The lowest BCUT2D eigenvalue weighted by Gasteiger charge is -2.17. The van der Waals surface area contributed by atoms with E-state index in [0.717, 1.165) is 17.0 Å². The van der Waals surface area contributed by atoms with E-state index in [1.54, 1.807) is 29.0 Å². The Morgan fingerprint density at radius 3 is 2.62 bits per heavy atom. The van der Waals surface area contributed by atoms with E-state index in [4.69, 9.17) is 9.84 Å². The number of amides is 1. The summed E-state index contributed by atoms with van der Waals surface area (Å²) in [6.07, 6.45) is 10.7. The minimum Gasteiger partial charge on any atom is -0.493 e. The fourth-order valence-corrected chi connectivity index (χ4v) is 3.99. The van der Waals surface area contributed by atoms with Crippen LogP contribution in [0.2, 0.25) is 0 Å². The Balaban J connectivity index is 1.55. The maximum atomic E-state index is 12.6. The van der Waals surface area contributed by atoms with Crippen LogP contribution in [-0.4, -0.2) is 33.8 Å². The van der Waals surface area contributed by atoms with Gasteiger partial charge in [0, 0.05) is 17.3 Å². The van der Waals surface area contributed by atoms with Crippen LogP contribution in [0.5, 0.6) is 5.75 Å². The first-order chi connectivity index (χ1) is 18.0. The highest BCUT2D eigenvalue weighted by molar-refractivity contribution is 6.26. The number of hydrogen-bond acceptors (Lipinski definition) is 5. The fraction of sp³-hybridized carbons (Fsp3) is 0.167. The molecule has 0 radical (unpaired) electrons. The van der Waals surface area contributed by atoms with Crippen molar-refractivity contribution in [3.8, 4) is 28.8 Å². The summed E-state index contributed by atoms with van der Waals surface area (Å²) < 4.78 is 7.59. The van der Waals surface area contributed by atoms with Crippen LogP contribution in [0.15, 0.2) is 101 Å². The zero-order valence-electron chi connectivity index (χ0n) is 20.6. The van der Waals surface area contributed by atoms with Crippen molar-refractivity contribution in [2.75, 3.05) is 6.61 Å². The van der Waals surface area contributed by atoms with Gasteiger partial charge in [0.2, 0.25) is 0 Å². The molecule has 3 aromatic rings. The Kier molecular flexibility index (Phi) is 6.73. The summed E-state index contributed by atoms with van der Waals surface area (Å²) in [5.41, 5.74) is 3.90. The molecule has 1 amide bonds. The molecule has 1 aromatic heterocycles. The van der Waals surface area contributed by atoms with Crippen LogP contribution >= 0.6 is 0 Å². The monoisotopic (exact) mass is 487 g/mol. The molecular formula is C30H25N5O2. The Labute approximate surface area is 215 Å². The number of fused-ring (bicyclic) bond motifs is 1. The summed E-state index contributed by atoms with van der Waals surface area (Å²) in [6, 6.07) is 19.6. The largest absolute Gasteiger partial charge is 0.493 e. The lowest BCUT2D eigenvalue weighted by atomic mass is 9.96. The third-order valence-electron chi connectivity index (χ3n) is 5.85. The average Bonchev–Trinajstić information content (AvgIpc) is 3.35. The minimum absolute atomic E-state index is 0.106. The number of carbonyl (C=O) groups excluding carboxylic acids is 1. The van der Waals surface area contributed by atoms with Crippen LogP contribution < -0.4 is 4.74 Å². The predicted octanol–water partition coefficient (Wildman–Crippen LogP) is 5.60. The minimum atomic E-state index is -0.499. The molecule has 1 atom stereocenters. The third-order valence-corrected chi connectivity index (χ3v) is 5.85. The van der Waals surface area contributed by atoms with Crippen molar-refractivity contribution in [1.82, 2.24) is 9.78 Å². The van der Waals surface area contributed by atoms with Crippen molar-refractivity contribution in [2.24, 2.45) is 21.8 Å². The summed E-state index contributed by atoms with van der Waals surface area (Å²) in [7, 11) is 0. The van der Waals surface area contributed by atoms with E-state index in [1.807, 2.05) is 66.9 Å². The van der Waals surface area contributed by atoms with Gasteiger partial charge in [-0.15, -0.1) is 0 Å². The second-order valence-electron chi connectivity index (χ2n) is 9.14. The fourth-order valence-electron chi connectivity index (χ4n) is 3.99. The highest BCUT2D eigenvalue weighted by Gasteiger charge is 2.27. The molecule has 1 unspecified atom stereocenters. The lowest BCUT2D eigenvalue weighted by molar-refractivity contribution is -0.118. The number of para-hydroxylation sites is 1. The van der Waals surface area contributed by atoms with Gasteiger partial charge in [-0.3, -0.25) is 4.79 Å². The van der Waals surface area contributed by atoms with Gasteiger partial charge in [0.25, 0.3) is 5.91 Å². The number of amidine groups is 1. The van der Waals surface area contributed by atoms with Crippen molar-refractivity contribution in [2.45, 2.75) is 13.8 Å². The first-order valence-corrected chi connectivity index (χ1v) is 12.1. The van der Waals surface area contributed by atoms with Gasteiger partial charge in [-0.05, 0) is 54.5 Å². The molecule has 7 nitrogen and oxygen atoms in total. The van der Waals surface area contributed by atoms with Crippen molar-refractivity contribution in [1.29, 1.82) is 5.26 Å². The molecule has 37 heavy (non-hydrogen) atoms. The summed E-state index contributed by atoms with van der Waals surface area (Å²) in [5, 5.41) is 14.8. The van der Waals surface area contributed by atoms with Crippen LogP contribution in [0.4, 0.5) is 0 Å². The predicted molar refractivity (Wildman–Crippen MR) is 145 cm³/mol. The summed E-state index contributed by atoms with van der Waals surface area (Å²) in [5.74, 6) is 0.482. The van der Waals surface area contributed by atoms with E-state index in [0.29, 0.717) is 29.5 Å². The zero-order valence-corrected chi connectivity index (χ0v) is 20.6. The van der Waals surface area contributed by atoms with Crippen molar-refractivity contribution < 1.29 is 9.53 Å². The van der Waals surface area contributed by atoms with E-state index in [1.165, 1.54) is 0 Å². The number of nitriles is 1. The maximum Gasteiger partial charge on any atom is 0.260 e. The second-order valence-corrected chi connectivity index (χ2v) is 9.14. The van der Waals surface area contributed by atoms with Crippen LogP contribution in [-0.2, 0) is 4.79 Å². The molecule has 2 aromatic carbocycles. The number of allylic oxidation sites excluding steroid dienone is 3. The molecule has 0 fully saturated rings. The number of carbonyl (C=O) groups is 1. The molecule has 182 valence electrons. The van der Waals surface area contributed by atoms with E-state index >= 15 is 0 Å². The Hall–Kier alpha value is -4.83. The van der Waals surface area contributed by atoms with Gasteiger partial charge in [0.1, 0.15) is 17.7 Å². The molecule has 2 aliphatic rings. The molecule has 0 saturated heterocycles. The van der Waals surface area contributed by atoms with E-state index in [-0.39, 0.29) is 17.3 Å². The molecule has 0 bridgehead atoms. The second kappa shape index (κ2) is 10.4. The number of nitrogens with zero attached hydrogens (tertiary/aromatic N) is 5. The number of aromatic nitrogens is 2. The first kappa shape index (κ1) is 23.9. The van der Waals surface area contributed by atoms with Gasteiger partial charge in [-0.25, -0.2) is 9.67 Å². The number of hydrogen-bond donors (Lipinski definition) is 0. The lowest BCUT2D eigenvalue weighted by Crippen LogP contribution is -2.27. The van der Waals surface area contributed by atoms with Gasteiger partial charge < -0.3 is 4.74 Å². The number of ether oxygens (including phenoxy) is 1. The zero-order chi connectivity index (χ0) is 25.8. The Morgan fingerprint density at radius 1 is 1.11 bits per heavy atom. The SMILES string of the molecule is CC(C)COc1ccc(-c2nn(-c3ccccc3)cc2/C=C(/C#N)C2=NC(=O)C3C=CC=CC3=N2)cc1. The number of aliphatic imine (C=N–C) groups is 2. The molecule has 1 aliphatic heterocycles. The van der Waals surface area contributed by atoms with Crippen LogP contribution in [0, 0.1) is 23.2 Å². The standard InChI is InChI=1S/C30H25N5O2/c1-20(2)19-37-25-14-12-21(13-15-25)28-23(18-35(34-28)24-8-4-3-5-9-24)16-22(17-31)29-32-27-11-7-6-10-26(27)30(36)33-29/h3-16,18,20,26H,19H2,1-2H3/b22-16-. The molecule has 0 saturated carbocycles. The summed E-state index contributed by atoms with van der Waals surface area (Å²) in [4.78, 5) is 21.2. The van der Waals surface area contributed by atoms with Crippen LogP contribution in [0.1, 0.15) is 19.4 Å². The van der Waals surface area contributed by atoms with E-state index in [9.17, 15) is 10.1 Å². The number of benzene rings is 2. The van der Waals surface area contributed by atoms with Gasteiger partial charge in [-0.1, -0.05) is 50.3 Å². The quantitative estimate of drug-likeness (QED) is 0.405. The van der Waals surface area contributed by atoms with Gasteiger partial charge in [-0.2, -0.15) is 15.4 Å². The molecule has 7 heteroatoms. The maximum absolute atomic E-state index is 12.6. The third kappa shape index (κ3) is 5.24. The highest BCUT2D eigenvalue weighted by Crippen LogP contribution is 2.28. The summed E-state index contributed by atoms with van der Waals surface area (Å²) in [6.45, 7) is 4.84. The van der Waals surface area contributed by atoms with Crippen molar-refractivity contribution in [3.05, 3.63) is 96.2 Å². The average molecular weight is 488 g/mol. The molecule has 0 spiro atoms.